The summed E-state index contributed by atoms with van der Waals surface area (Å²) >= 11 is 9.10. The van der Waals surface area contributed by atoms with Gasteiger partial charge >= 0.3 is 12.1 Å². The Kier molecular flexibility index (Phi) is 6.01. The van der Waals surface area contributed by atoms with E-state index in [9.17, 15) is 22.8 Å². The van der Waals surface area contributed by atoms with Crippen molar-refractivity contribution in [1.82, 2.24) is 0 Å². The van der Waals surface area contributed by atoms with Crippen LogP contribution in [0.3, 0.4) is 0 Å². The van der Waals surface area contributed by atoms with E-state index in [1.54, 1.807) is 30.3 Å². The predicted octanol–water partition coefficient (Wildman–Crippen LogP) is 7.99. The van der Waals surface area contributed by atoms with Crippen molar-refractivity contribution in [2.45, 2.75) is 6.18 Å². The largest absolute Gasteiger partial charge is 0.453 e. The summed E-state index contributed by atoms with van der Waals surface area (Å²) in [7, 11) is 0. The minimum atomic E-state index is -5.05. The number of hydrogen-bond acceptors (Lipinski definition) is 6. The molecule has 0 aliphatic heterocycles. The third-order valence-corrected chi connectivity index (χ3v) is 5.91. The Morgan fingerprint density at radius 3 is 2.47 bits per heavy atom. The van der Waals surface area contributed by atoms with Crippen LogP contribution < -0.4 is 14.9 Å². The lowest BCUT2D eigenvalue weighted by molar-refractivity contribution is -0.154. The van der Waals surface area contributed by atoms with Crippen molar-refractivity contribution in [1.29, 1.82) is 0 Å². The van der Waals surface area contributed by atoms with Crippen molar-refractivity contribution in [3.8, 4) is 17.2 Å². The molecule has 0 bridgehead atoms. The van der Waals surface area contributed by atoms with Gasteiger partial charge in [-0.2, -0.15) is 13.2 Å². The molecule has 3 aromatic carbocycles. The molecule has 36 heavy (non-hydrogen) atoms. The molecule has 5 aromatic rings. The number of carbonyl (C=O) groups is 1. The van der Waals surface area contributed by atoms with Crippen LogP contribution >= 0.6 is 27.5 Å². The number of furan rings is 1. The summed E-state index contributed by atoms with van der Waals surface area (Å²) < 4.78 is 62.7. The molecule has 0 aliphatic carbocycles. The lowest BCUT2D eigenvalue weighted by Crippen LogP contribution is -2.15. The van der Waals surface area contributed by atoms with Crippen molar-refractivity contribution in [3.63, 3.8) is 0 Å². The van der Waals surface area contributed by atoms with E-state index < -0.39 is 34.7 Å². The molecule has 0 radical (unpaired) electrons. The van der Waals surface area contributed by atoms with Crippen molar-refractivity contribution < 1.29 is 36.3 Å². The second kappa shape index (κ2) is 9.03. The Bertz CT molecular complexity index is 1710. The maximum absolute atomic E-state index is 13.8. The van der Waals surface area contributed by atoms with Crippen LogP contribution in [0.5, 0.6) is 17.2 Å². The van der Waals surface area contributed by atoms with Gasteiger partial charge in [0.15, 0.2) is 0 Å². The monoisotopic (exact) mass is 578 g/mol. The van der Waals surface area contributed by atoms with Gasteiger partial charge in [0.1, 0.15) is 22.7 Å². The molecule has 0 fully saturated rings. The van der Waals surface area contributed by atoms with Crippen LogP contribution in [-0.4, -0.2) is 5.97 Å². The number of alkyl halides is 3. The van der Waals surface area contributed by atoms with Crippen molar-refractivity contribution in [3.05, 3.63) is 98.0 Å². The van der Waals surface area contributed by atoms with E-state index in [0.717, 1.165) is 6.07 Å². The van der Waals surface area contributed by atoms with E-state index in [2.05, 4.69) is 15.9 Å². The molecule has 182 valence electrons. The van der Waals surface area contributed by atoms with Crippen LogP contribution in [0.25, 0.3) is 21.9 Å². The molecule has 0 saturated carbocycles. The summed E-state index contributed by atoms with van der Waals surface area (Å²) in [5.74, 6) is -3.88. The highest BCUT2D eigenvalue weighted by molar-refractivity contribution is 9.10. The second-order valence-electron chi connectivity index (χ2n) is 7.46. The van der Waals surface area contributed by atoms with Gasteiger partial charge in [-0.25, -0.2) is 4.79 Å². The quantitative estimate of drug-likeness (QED) is 0.159. The fraction of sp³-hybridized carbons (Fsp3) is 0.0400. The highest BCUT2D eigenvalue weighted by Gasteiger charge is 2.40. The summed E-state index contributed by atoms with van der Waals surface area (Å²) in [6.45, 7) is 0. The maximum atomic E-state index is 13.8. The van der Waals surface area contributed by atoms with Gasteiger partial charge in [-0.15, -0.1) is 0 Å². The zero-order chi connectivity index (χ0) is 25.6. The van der Waals surface area contributed by atoms with Gasteiger partial charge in [-0.3, -0.25) is 4.79 Å². The summed E-state index contributed by atoms with van der Waals surface area (Å²) in [5.41, 5.74) is -1.11. The number of para-hydroxylation sites is 1. The first kappa shape index (κ1) is 24.0. The molecule has 11 heteroatoms. The average molecular weight is 580 g/mol. The second-order valence-corrected chi connectivity index (χ2v) is 8.75. The average Bonchev–Trinajstić information content (AvgIpc) is 3.24. The van der Waals surface area contributed by atoms with Crippen molar-refractivity contribution in [2.24, 2.45) is 0 Å². The molecule has 5 rings (SSSR count). The number of benzene rings is 3. The fourth-order valence-electron chi connectivity index (χ4n) is 3.41. The molecule has 0 amide bonds. The molecule has 6 nitrogen and oxygen atoms in total. The van der Waals surface area contributed by atoms with Crippen molar-refractivity contribution >= 4 is 55.4 Å². The van der Waals surface area contributed by atoms with Gasteiger partial charge < -0.3 is 18.3 Å². The lowest BCUT2D eigenvalue weighted by Gasteiger charge is -2.14. The van der Waals surface area contributed by atoms with Crippen LogP contribution in [-0.2, 0) is 6.18 Å². The minimum absolute atomic E-state index is 0.00711. The topological polar surface area (TPSA) is 78.9 Å². The van der Waals surface area contributed by atoms with Gasteiger partial charge in [-0.05, 0) is 64.5 Å². The zero-order valence-corrected chi connectivity index (χ0v) is 20.0. The molecule has 0 aliphatic rings. The van der Waals surface area contributed by atoms with E-state index >= 15 is 0 Å². The summed E-state index contributed by atoms with van der Waals surface area (Å²) in [5, 5.41) is 0.797. The first-order valence-electron chi connectivity index (χ1n) is 10.1. The maximum Gasteiger partial charge on any atom is 0.453 e. The normalized spacial score (nSPS) is 11.7. The SMILES string of the molecule is O=C(Oc1ccc2c(=O)c(Oc3ccccc3Br)c(C(F)(F)F)oc2c1)c1cc2cc(Cl)ccc2o1. The molecular formula is C25H11BrClF3O6. The van der Waals surface area contributed by atoms with Gasteiger partial charge in [0, 0.05) is 16.5 Å². The predicted molar refractivity (Wildman–Crippen MR) is 128 cm³/mol. The molecule has 2 aromatic heterocycles. The van der Waals surface area contributed by atoms with Gasteiger partial charge in [0.25, 0.3) is 5.76 Å². The van der Waals surface area contributed by atoms with Crippen LogP contribution in [0.1, 0.15) is 16.3 Å². The highest BCUT2D eigenvalue weighted by Crippen LogP contribution is 2.40. The van der Waals surface area contributed by atoms with E-state index in [1.165, 1.54) is 30.3 Å². The van der Waals surface area contributed by atoms with Crippen LogP contribution in [0.2, 0.25) is 5.02 Å². The molecule has 0 atom stereocenters. The van der Waals surface area contributed by atoms with Gasteiger partial charge in [-0.1, -0.05) is 23.7 Å². The minimum Gasteiger partial charge on any atom is -0.449 e. The standard InChI is InChI=1S/C25H11BrClF3O6/c26-16-3-1-2-4-18(16)35-22-21(31)15-7-6-14(11-19(15)36-23(22)25(28,29)30)33-24(32)20-10-12-9-13(27)5-8-17(12)34-20/h1-11H. The Morgan fingerprint density at radius 1 is 0.944 bits per heavy atom. The first-order valence-corrected chi connectivity index (χ1v) is 11.3. The third kappa shape index (κ3) is 4.57. The Labute approximate surface area is 212 Å². The third-order valence-electron chi connectivity index (χ3n) is 5.02. The Balaban J connectivity index is 1.53. The molecule has 0 spiro atoms. The van der Waals surface area contributed by atoms with Crippen LogP contribution in [0, 0.1) is 0 Å². The summed E-state index contributed by atoms with van der Waals surface area (Å²) in [6.07, 6.45) is -5.05. The zero-order valence-electron chi connectivity index (χ0n) is 17.7. The molecule has 0 saturated heterocycles. The van der Waals surface area contributed by atoms with Gasteiger partial charge in [0.2, 0.25) is 16.9 Å². The number of halogens is 5. The van der Waals surface area contributed by atoms with Gasteiger partial charge in [0.05, 0.1) is 9.86 Å². The fourth-order valence-corrected chi connectivity index (χ4v) is 3.96. The van der Waals surface area contributed by atoms with Crippen molar-refractivity contribution in [2.75, 3.05) is 0 Å². The Hall–Kier alpha value is -3.76. The van der Waals surface area contributed by atoms with E-state index in [-0.39, 0.29) is 22.6 Å². The van der Waals surface area contributed by atoms with E-state index in [0.29, 0.717) is 20.5 Å². The van der Waals surface area contributed by atoms with Crippen LogP contribution in [0.4, 0.5) is 13.2 Å². The molecular weight excluding hydrogens is 569 g/mol. The van der Waals surface area contributed by atoms with E-state index in [4.69, 9.17) is 29.9 Å². The highest BCUT2D eigenvalue weighted by atomic mass is 79.9. The number of hydrogen-bond donors (Lipinski definition) is 0. The lowest BCUT2D eigenvalue weighted by atomic mass is 10.2. The number of fused-ring (bicyclic) bond motifs is 2. The smallest absolute Gasteiger partial charge is 0.449 e. The summed E-state index contributed by atoms with van der Waals surface area (Å²) in [4.78, 5) is 25.5. The molecule has 2 heterocycles. The summed E-state index contributed by atoms with van der Waals surface area (Å²) in [6, 6.07) is 15.7. The first-order chi connectivity index (χ1) is 17.1. The molecule has 0 N–H and O–H groups in total. The number of carbonyl (C=O) groups excluding carboxylic acids is 1. The Morgan fingerprint density at radius 2 is 1.72 bits per heavy atom. The number of esters is 1. The van der Waals surface area contributed by atoms with E-state index in [1.807, 2.05) is 0 Å². The van der Waals surface area contributed by atoms with Crippen LogP contribution in [0.15, 0.2) is 84.8 Å². The number of rotatable bonds is 4. The molecule has 0 unspecified atom stereocenters. The number of ether oxygens (including phenoxy) is 2.